The molecule has 0 spiro atoms. The van der Waals surface area contributed by atoms with E-state index in [1.54, 1.807) is 18.4 Å². The van der Waals surface area contributed by atoms with Crippen LogP contribution in [0.4, 0.5) is 0 Å². The fourth-order valence-corrected chi connectivity index (χ4v) is 5.16. The Morgan fingerprint density at radius 1 is 1.20 bits per heavy atom. The maximum Gasteiger partial charge on any atom is 0.228 e. The molecule has 2 aromatic carbocycles. The van der Waals surface area contributed by atoms with Gasteiger partial charge >= 0.3 is 0 Å². The fourth-order valence-electron chi connectivity index (χ4n) is 4.47. The summed E-state index contributed by atoms with van der Waals surface area (Å²) in [6, 6.07) is 18.5. The van der Waals surface area contributed by atoms with Gasteiger partial charge in [0.05, 0.1) is 19.6 Å². The first-order chi connectivity index (χ1) is 14.6. The summed E-state index contributed by atoms with van der Waals surface area (Å²) in [5, 5.41) is 3.30. The number of nitrogens with one attached hydrogen (secondary N) is 1. The first kappa shape index (κ1) is 18.9. The molecule has 5 rings (SSSR count). The average Bonchev–Trinajstić information content (AvgIpc) is 3.40. The number of rotatable bonds is 4. The van der Waals surface area contributed by atoms with Crippen molar-refractivity contribution in [3.8, 4) is 5.75 Å². The standard InChI is InChI=1S/C25H24N2O2S/c1-16-5-10-22-21(14-16)20-11-12-27(23(28)15-19-4-3-13-30-19)25(24(20)26-22)17-6-8-18(29-2)9-7-17/h3-10,13-14,25-26H,11-12,15H2,1-2H3. The van der Waals surface area contributed by atoms with Crippen molar-refractivity contribution in [2.45, 2.75) is 25.8 Å². The zero-order valence-electron chi connectivity index (χ0n) is 17.1. The number of benzene rings is 2. The van der Waals surface area contributed by atoms with Crippen LogP contribution in [0.25, 0.3) is 10.9 Å². The lowest BCUT2D eigenvalue weighted by Gasteiger charge is -2.36. The predicted octanol–water partition coefficient (Wildman–Crippen LogP) is 5.26. The van der Waals surface area contributed by atoms with Gasteiger partial charge in [0.1, 0.15) is 5.75 Å². The minimum Gasteiger partial charge on any atom is -0.497 e. The molecule has 0 saturated carbocycles. The number of thiophene rings is 1. The molecule has 0 saturated heterocycles. The Morgan fingerprint density at radius 3 is 2.77 bits per heavy atom. The van der Waals surface area contributed by atoms with Crippen molar-refractivity contribution in [2.75, 3.05) is 13.7 Å². The largest absolute Gasteiger partial charge is 0.497 e. The molecule has 1 unspecified atom stereocenters. The first-order valence-corrected chi connectivity index (χ1v) is 11.1. The number of nitrogens with zero attached hydrogens (tertiary/aromatic N) is 1. The number of aromatic nitrogens is 1. The second-order valence-electron chi connectivity index (χ2n) is 7.84. The van der Waals surface area contributed by atoms with Gasteiger partial charge in [-0.15, -0.1) is 11.3 Å². The Labute approximate surface area is 180 Å². The topological polar surface area (TPSA) is 45.3 Å². The lowest BCUT2D eigenvalue weighted by atomic mass is 9.91. The molecule has 4 aromatic rings. The molecule has 1 N–H and O–H groups in total. The highest BCUT2D eigenvalue weighted by molar-refractivity contribution is 7.10. The number of hydrogen-bond acceptors (Lipinski definition) is 3. The maximum atomic E-state index is 13.3. The molecule has 152 valence electrons. The number of aryl methyl sites for hydroxylation is 1. The van der Waals surface area contributed by atoms with E-state index in [4.69, 9.17) is 4.74 Å². The van der Waals surface area contributed by atoms with Crippen LogP contribution in [-0.2, 0) is 17.6 Å². The zero-order chi connectivity index (χ0) is 20.7. The lowest BCUT2D eigenvalue weighted by Crippen LogP contribution is -2.41. The summed E-state index contributed by atoms with van der Waals surface area (Å²) >= 11 is 1.64. The highest BCUT2D eigenvalue weighted by atomic mass is 32.1. The van der Waals surface area contributed by atoms with E-state index in [0.29, 0.717) is 6.42 Å². The molecule has 0 radical (unpaired) electrons. The van der Waals surface area contributed by atoms with Crippen molar-refractivity contribution in [2.24, 2.45) is 0 Å². The molecule has 3 heterocycles. The van der Waals surface area contributed by atoms with Crippen molar-refractivity contribution < 1.29 is 9.53 Å². The smallest absolute Gasteiger partial charge is 0.228 e. The van der Waals surface area contributed by atoms with Gasteiger partial charge in [-0.05, 0) is 60.2 Å². The molecule has 0 aliphatic carbocycles. The summed E-state index contributed by atoms with van der Waals surface area (Å²) in [7, 11) is 1.67. The van der Waals surface area contributed by atoms with Crippen LogP contribution in [0.2, 0.25) is 0 Å². The summed E-state index contributed by atoms with van der Waals surface area (Å²) in [5.74, 6) is 0.984. The summed E-state index contributed by atoms with van der Waals surface area (Å²) in [6.45, 7) is 2.84. The highest BCUT2D eigenvalue weighted by Gasteiger charge is 2.34. The second kappa shape index (κ2) is 7.65. The summed E-state index contributed by atoms with van der Waals surface area (Å²) in [4.78, 5) is 20.1. The van der Waals surface area contributed by atoms with Crippen molar-refractivity contribution in [3.05, 3.63) is 87.2 Å². The summed E-state index contributed by atoms with van der Waals surface area (Å²) in [5.41, 5.74) is 5.94. The average molecular weight is 417 g/mol. The molecular formula is C25H24N2O2S. The van der Waals surface area contributed by atoms with Gasteiger partial charge in [0, 0.05) is 28.0 Å². The zero-order valence-corrected chi connectivity index (χ0v) is 18.0. The molecule has 2 aromatic heterocycles. The van der Waals surface area contributed by atoms with Gasteiger partial charge in [0.2, 0.25) is 5.91 Å². The molecule has 1 amide bonds. The van der Waals surface area contributed by atoms with Crippen LogP contribution in [0.3, 0.4) is 0 Å². The van der Waals surface area contributed by atoms with E-state index in [1.807, 2.05) is 34.5 Å². The number of carbonyl (C=O) groups is 1. The molecule has 30 heavy (non-hydrogen) atoms. The summed E-state index contributed by atoms with van der Waals surface area (Å²) in [6.07, 6.45) is 1.31. The van der Waals surface area contributed by atoms with Crippen molar-refractivity contribution >= 4 is 28.1 Å². The molecule has 0 bridgehead atoms. The third kappa shape index (κ3) is 3.29. The Bertz CT molecular complexity index is 1190. The van der Waals surface area contributed by atoms with Crippen LogP contribution in [0.15, 0.2) is 60.0 Å². The molecule has 1 aliphatic heterocycles. The number of aromatic amines is 1. The Balaban J connectivity index is 1.60. The van der Waals surface area contributed by atoms with Gasteiger partial charge < -0.3 is 14.6 Å². The van der Waals surface area contributed by atoms with Crippen molar-refractivity contribution in [3.63, 3.8) is 0 Å². The minimum atomic E-state index is -0.125. The third-order valence-electron chi connectivity index (χ3n) is 5.94. The van der Waals surface area contributed by atoms with E-state index >= 15 is 0 Å². The number of fused-ring (bicyclic) bond motifs is 3. The SMILES string of the molecule is COc1ccc(C2c3[nH]c4ccc(C)cc4c3CCN2C(=O)Cc2cccs2)cc1. The van der Waals surface area contributed by atoms with Crippen LogP contribution in [0, 0.1) is 6.92 Å². The number of carbonyl (C=O) groups excluding carboxylic acids is 1. The van der Waals surface area contributed by atoms with E-state index in [2.05, 4.69) is 42.2 Å². The van der Waals surface area contributed by atoms with Crippen LogP contribution < -0.4 is 4.74 Å². The molecule has 5 heteroatoms. The molecule has 1 aliphatic rings. The van der Waals surface area contributed by atoms with E-state index in [0.717, 1.165) is 40.4 Å². The quantitative estimate of drug-likeness (QED) is 0.493. The van der Waals surface area contributed by atoms with Crippen LogP contribution in [0.1, 0.15) is 33.3 Å². The molecular weight excluding hydrogens is 392 g/mol. The van der Waals surface area contributed by atoms with Crippen molar-refractivity contribution in [1.82, 2.24) is 9.88 Å². The highest BCUT2D eigenvalue weighted by Crippen LogP contribution is 2.39. The lowest BCUT2D eigenvalue weighted by molar-refractivity contribution is -0.132. The van der Waals surface area contributed by atoms with E-state index in [-0.39, 0.29) is 11.9 Å². The van der Waals surface area contributed by atoms with Gasteiger partial charge in [0.25, 0.3) is 0 Å². The van der Waals surface area contributed by atoms with Crippen LogP contribution in [0.5, 0.6) is 5.75 Å². The van der Waals surface area contributed by atoms with Crippen molar-refractivity contribution in [1.29, 1.82) is 0 Å². The molecule has 1 atom stereocenters. The van der Waals surface area contributed by atoms with Gasteiger partial charge in [-0.1, -0.05) is 29.8 Å². The van der Waals surface area contributed by atoms with Crippen LogP contribution in [-0.4, -0.2) is 29.4 Å². The Kier molecular flexibility index (Phi) is 4.83. The minimum absolute atomic E-state index is 0.125. The number of hydrogen-bond donors (Lipinski definition) is 1. The number of methoxy groups -OCH3 is 1. The maximum absolute atomic E-state index is 13.3. The van der Waals surface area contributed by atoms with Crippen LogP contribution >= 0.6 is 11.3 Å². The normalized spacial score (nSPS) is 15.9. The number of H-pyrrole nitrogens is 1. The van der Waals surface area contributed by atoms with E-state index in [1.165, 1.54) is 16.5 Å². The fraction of sp³-hybridized carbons (Fsp3) is 0.240. The first-order valence-electron chi connectivity index (χ1n) is 10.2. The Hall–Kier alpha value is -3.05. The van der Waals surface area contributed by atoms with Gasteiger partial charge in [-0.3, -0.25) is 4.79 Å². The molecule has 0 fully saturated rings. The van der Waals surface area contributed by atoms with Gasteiger partial charge in [-0.2, -0.15) is 0 Å². The number of ether oxygens (including phenoxy) is 1. The predicted molar refractivity (Wildman–Crippen MR) is 121 cm³/mol. The Morgan fingerprint density at radius 2 is 2.03 bits per heavy atom. The van der Waals surface area contributed by atoms with E-state index < -0.39 is 0 Å². The van der Waals surface area contributed by atoms with Gasteiger partial charge in [0.15, 0.2) is 0 Å². The van der Waals surface area contributed by atoms with E-state index in [9.17, 15) is 4.79 Å². The summed E-state index contributed by atoms with van der Waals surface area (Å²) < 4.78 is 5.34. The monoisotopic (exact) mass is 416 g/mol. The second-order valence-corrected chi connectivity index (χ2v) is 8.87. The van der Waals surface area contributed by atoms with Gasteiger partial charge in [-0.25, -0.2) is 0 Å². The third-order valence-corrected chi connectivity index (χ3v) is 6.82. The number of amides is 1. The molecule has 4 nitrogen and oxygen atoms in total.